The van der Waals surface area contributed by atoms with Crippen LogP contribution in [0.5, 0.6) is 5.75 Å². The predicted octanol–water partition coefficient (Wildman–Crippen LogP) is 2.48. The Morgan fingerprint density at radius 2 is 1.89 bits per heavy atom. The third kappa shape index (κ3) is 2.37. The number of nitrogens with two attached hydrogens (primary N) is 1. The maximum Gasteiger partial charge on any atom is 0.119 e. The Labute approximate surface area is 115 Å². The Bertz CT molecular complexity index is 427. The molecular weight excluding hydrogens is 238 g/mol. The Morgan fingerprint density at radius 1 is 1.21 bits per heavy atom. The maximum atomic E-state index is 5.94. The molecule has 3 rings (SSSR count). The molecule has 2 fully saturated rings. The molecule has 0 radical (unpaired) electrons. The lowest BCUT2D eigenvalue weighted by atomic mass is 9.64. The molecule has 104 valence electrons. The van der Waals surface area contributed by atoms with Crippen LogP contribution in [0.25, 0.3) is 0 Å². The summed E-state index contributed by atoms with van der Waals surface area (Å²) >= 11 is 0. The number of ether oxygens (including phenoxy) is 2. The van der Waals surface area contributed by atoms with E-state index in [1.165, 1.54) is 24.8 Å². The monoisotopic (exact) mass is 261 g/mol. The highest BCUT2D eigenvalue weighted by Crippen LogP contribution is 2.43. The van der Waals surface area contributed by atoms with Gasteiger partial charge in [0.25, 0.3) is 0 Å². The van der Waals surface area contributed by atoms with E-state index in [0.29, 0.717) is 0 Å². The van der Waals surface area contributed by atoms with Gasteiger partial charge >= 0.3 is 0 Å². The molecule has 0 spiro atoms. The molecule has 1 aliphatic heterocycles. The average Bonchev–Trinajstić information content (AvgIpc) is 2.35. The minimum Gasteiger partial charge on any atom is -0.493 e. The van der Waals surface area contributed by atoms with Gasteiger partial charge < -0.3 is 15.2 Å². The molecular formula is C16H23NO2. The van der Waals surface area contributed by atoms with E-state index < -0.39 is 0 Å². The van der Waals surface area contributed by atoms with E-state index in [1.807, 2.05) is 0 Å². The van der Waals surface area contributed by atoms with Gasteiger partial charge in [0.2, 0.25) is 0 Å². The minimum absolute atomic E-state index is 0.200. The summed E-state index contributed by atoms with van der Waals surface area (Å²) in [4.78, 5) is 0. The molecule has 19 heavy (non-hydrogen) atoms. The number of rotatable bonds is 5. The van der Waals surface area contributed by atoms with Gasteiger partial charge in [0.05, 0.1) is 19.8 Å². The molecule has 0 unspecified atom stereocenters. The molecule has 1 saturated heterocycles. The summed E-state index contributed by atoms with van der Waals surface area (Å²) in [6.45, 7) is 5.29. The van der Waals surface area contributed by atoms with E-state index in [9.17, 15) is 0 Å². The molecule has 3 heteroatoms. The smallest absolute Gasteiger partial charge is 0.119 e. The fourth-order valence-electron chi connectivity index (χ4n) is 2.91. The van der Waals surface area contributed by atoms with E-state index >= 15 is 0 Å². The summed E-state index contributed by atoms with van der Waals surface area (Å²) in [5.41, 5.74) is 7.74. The standard InChI is InChI=1S/C16H23NO2/c1-15(10-18-11-15)12-19-14-5-3-13(4-6-14)16(9-17)7-2-8-16/h3-6H,2,7-12,17H2,1H3. The lowest BCUT2D eigenvalue weighted by molar-refractivity contribution is -0.120. The van der Waals surface area contributed by atoms with Gasteiger partial charge in [0.15, 0.2) is 0 Å². The van der Waals surface area contributed by atoms with Gasteiger partial charge in [-0.15, -0.1) is 0 Å². The zero-order chi connectivity index (χ0) is 13.3. The summed E-state index contributed by atoms with van der Waals surface area (Å²) in [5, 5.41) is 0. The second-order valence-electron chi connectivity index (χ2n) is 6.45. The van der Waals surface area contributed by atoms with Gasteiger partial charge in [-0.1, -0.05) is 25.5 Å². The van der Waals surface area contributed by atoms with Crippen molar-refractivity contribution in [2.24, 2.45) is 11.1 Å². The predicted molar refractivity (Wildman–Crippen MR) is 75.4 cm³/mol. The van der Waals surface area contributed by atoms with Crippen LogP contribution in [-0.4, -0.2) is 26.4 Å². The average molecular weight is 261 g/mol. The van der Waals surface area contributed by atoms with Crippen molar-refractivity contribution in [1.82, 2.24) is 0 Å². The van der Waals surface area contributed by atoms with Gasteiger partial charge in [-0.25, -0.2) is 0 Å². The maximum absolute atomic E-state index is 5.94. The van der Waals surface area contributed by atoms with E-state index in [4.69, 9.17) is 15.2 Å². The summed E-state index contributed by atoms with van der Waals surface area (Å²) < 4.78 is 11.1. The highest BCUT2D eigenvalue weighted by molar-refractivity contribution is 5.34. The highest BCUT2D eigenvalue weighted by Gasteiger charge is 2.37. The van der Waals surface area contributed by atoms with Crippen LogP contribution in [0.4, 0.5) is 0 Å². The zero-order valence-corrected chi connectivity index (χ0v) is 11.7. The molecule has 0 amide bonds. The Balaban J connectivity index is 1.62. The highest BCUT2D eigenvalue weighted by atomic mass is 16.5. The van der Waals surface area contributed by atoms with Gasteiger partial charge in [0.1, 0.15) is 5.75 Å². The van der Waals surface area contributed by atoms with E-state index in [2.05, 4.69) is 31.2 Å². The summed E-state index contributed by atoms with van der Waals surface area (Å²) in [7, 11) is 0. The second kappa shape index (κ2) is 4.80. The van der Waals surface area contributed by atoms with Crippen LogP contribution in [0.1, 0.15) is 31.7 Å². The molecule has 1 saturated carbocycles. The first kappa shape index (κ1) is 12.9. The van der Waals surface area contributed by atoms with Crippen molar-refractivity contribution in [3.05, 3.63) is 29.8 Å². The van der Waals surface area contributed by atoms with Crippen LogP contribution < -0.4 is 10.5 Å². The molecule has 1 aromatic rings. The van der Waals surface area contributed by atoms with E-state index in [1.54, 1.807) is 0 Å². The quantitative estimate of drug-likeness (QED) is 0.885. The Kier molecular flexibility index (Phi) is 3.27. The molecule has 3 nitrogen and oxygen atoms in total. The zero-order valence-electron chi connectivity index (χ0n) is 11.7. The van der Waals surface area contributed by atoms with Gasteiger partial charge in [-0.2, -0.15) is 0 Å². The van der Waals surface area contributed by atoms with Gasteiger partial charge in [0, 0.05) is 17.4 Å². The Morgan fingerprint density at radius 3 is 2.32 bits per heavy atom. The van der Waals surface area contributed by atoms with Crippen LogP contribution in [0, 0.1) is 5.41 Å². The first-order chi connectivity index (χ1) is 9.16. The van der Waals surface area contributed by atoms with Crippen LogP contribution in [0.15, 0.2) is 24.3 Å². The molecule has 0 atom stereocenters. The van der Waals surface area contributed by atoms with Crippen molar-refractivity contribution in [3.8, 4) is 5.75 Å². The molecule has 1 aliphatic carbocycles. The van der Waals surface area contributed by atoms with Crippen LogP contribution in [-0.2, 0) is 10.2 Å². The summed E-state index contributed by atoms with van der Waals surface area (Å²) in [6.07, 6.45) is 3.74. The van der Waals surface area contributed by atoms with Crippen molar-refractivity contribution < 1.29 is 9.47 Å². The van der Waals surface area contributed by atoms with Gasteiger partial charge in [-0.05, 0) is 30.5 Å². The fourth-order valence-corrected chi connectivity index (χ4v) is 2.91. The third-order valence-electron chi connectivity index (χ3n) is 4.66. The fraction of sp³-hybridized carbons (Fsp3) is 0.625. The summed E-state index contributed by atoms with van der Waals surface area (Å²) in [6, 6.07) is 8.52. The second-order valence-corrected chi connectivity index (χ2v) is 6.45. The van der Waals surface area contributed by atoms with Crippen molar-refractivity contribution in [2.75, 3.05) is 26.4 Å². The van der Waals surface area contributed by atoms with Crippen molar-refractivity contribution in [1.29, 1.82) is 0 Å². The molecule has 0 bridgehead atoms. The van der Waals surface area contributed by atoms with Crippen LogP contribution in [0.2, 0.25) is 0 Å². The number of hydrogen-bond donors (Lipinski definition) is 1. The molecule has 1 heterocycles. The normalized spacial score (nSPS) is 23.3. The number of benzene rings is 1. The number of hydrogen-bond acceptors (Lipinski definition) is 3. The minimum atomic E-state index is 0.200. The van der Waals surface area contributed by atoms with Crippen molar-refractivity contribution in [2.45, 2.75) is 31.6 Å². The molecule has 2 aliphatic rings. The first-order valence-electron chi connectivity index (χ1n) is 7.17. The van der Waals surface area contributed by atoms with Crippen molar-refractivity contribution >= 4 is 0 Å². The topological polar surface area (TPSA) is 44.5 Å². The Hall–Kier alpha value is -1.06. The largest absolute Gasteiger partial charge is 0.493 e. The molecule has 1 aromatic carbocycles. The van der Waals surface area contributed by atoms with Crippen LogP contribution >= 0.6 is 0 Å². The molecule has 0 aromatic heterocycles. The first-order valence-corrected chi connectivity index (χ1v) is 7.17. The van der Waals surface area contributed by atoms with E-state index in [-0.39, 0.29) is 10.8 Å². The lowest BCUT2D eigenvalue weighted by Gasteiger charge is -2.41. The van der Waals surface area contributed by atoms with Crippen molar-refractivity contribution in [3.63, 3.8) is 0 Å². The van der Waals surface area contributed by atoms with E-state index in [0.717, 1.165) is 32.1 Å². The van der Waals surface area contributed by atoms with Gasteiger partial charge in [-0.3, -0.25) is 0 Å². The third-order valence-corrected chi connectivity index (χ3v) is 4.66. The SMILES string of the molecule is CC1(COc2ccc(C3(CN)CCC3)cc2)COC1. The van der Waals surface area contributed by atoms with Crippen LogP contribution in [0.3, 0.4) is 0 Å². The summed E-state index contributed by atoms with van der Waals surface area (Å²) in [5.74, 6) is 0.948. The molecule has 2 N–H and O–H groups in total. The lowest BCUT2D eigenvalue weighted by Crippen LogP contribution is -2.44.